The second-order valence-electron chi connectivity index (χ2n) is 5.29. The highest BCUT2D eigenvalue weighted by atomic mass is 16.5. The molecular weight excluding hydrogens is 218 g/mol. The molecule has 2 rings (SSSR count). The van der Waals surface area contributed by atoms with E-state index in [2.05, 4.69) is 12.2 Å². The van der Waals surface area contributed by atoms with Crippen molar-refractivity contribution in [3.8, 4) is 0 Å². The first kappa shape index (κ1) is 13.3. The van der Waals surface area contributed by atoms with Crippen LogP contribution >= 0.6 is 0 Å². The molecule has 2 aliphatic rings. The topological polar surface area (TPSA) is 39.7 Å². The van der Waals surface area contributed by atoms with E-state index in [-0.39, 0.29) is 11.7 Å². The zero-order chi connectivity index (χ0) is 12.1. The van der Waals surface area contributed by atoms with Gasteiger partial charge in [0.05, 0.1) is 11.7 Å². The van der Waals surface area contributed by atoms with Crippen molar-refractivity contribution in [2.24, 2.45) is 0 Å². The molecule has 0 aromatic carbocycles. The van der Waals surface area contributed by atoms with Gasteiger partial charge >= 0.3 is 0 Å². The van der Waals surface area contributed by atoms with E-state index < -0.39 is 0 Å². The molecule has 2 saturated heterocycles. The second-order valence-corrected chi connectivity index (χ2v) is 5.29. The van der Waals surface area contributed by atoms with Gasteiger partial charge in [0.2, 0.25) is 0 Å². The lowest BCUT2D eigenvalue weighted by Crippen LogP contribution is -2.50. The molecule has 0 aromatic heterocycles. The lowest BCUT2D eigenvalue weighted by molar-refractivity contribution is -0.140. The first-order valence-corrected chi connectivity index (χ1v) is 6.72. The average molecular weight is 243 g/mol. The molecule has 1 N–H and O–H groups in total. The summed E-state index contributed by atoms with van der Waals surface area (Å²) < 4.78 is 16.7. The summed E-state index contributed by atoms with van der Waals surface area (Å²) in [7, 11) is 1.76. The first-order chi connectivity index (χ1) is 8.24. The van der Waals surface area contributed by atoms with E-state index >= 15 is 0 Å². The van der Waals surface area contributed by atoms with Crippen LogP contribution in [0.5, 0.6) is 0 Å². The molecular formula is C13H25NO3. The van der Waals surface area contributed by atoms with Gasteiger partial charge in [0.25, 0.3) is 0 Å². The third-order valence-corrected chi connectivity index (χ3v) is 3.99. The van der Waals surface area contributed by atoms with Crippen molar-refractivity contribution in [1.29, 1.82) is 0 Å². The quantitative estimate of drug-likeness (QED) is 0.809. The molecule has 0 radical (unpaired) electrons. The summed E-state index contributed by atoms with van der Waals surface area (Å²) in [5.74, 6) is 0. The summed E-state index contributed by atoms with van der Waals surface area (Å²) in [6.45, 7) is 5.59. The van der Waals surface area contributed by atoms with Gasteiger partial charge < -0.3 is 19.5 Å². The summed E-state index contributed by atoms with van der Waals surface area (Å²) in [4.78, 5) is 0. The first-order valence-electron chi connectivity index (χ1n) is 6.72. The zero-order valence-corrected chi connectivity index (χ0v) is 11.0. The SMILES string of the molecule is COC(C)CNC1CCOC2(CCOCC2)C1. The van der Waals surface area contributed by atoms with Gasteiger partial charge in [-0.25, -0.2) is 0 Å². The molecule has 1 spiro atoms. The lowest BCUT2D eigenvalue weighted by Gasteiger charge is -2.43. The molecule has 2 atom stereocenters. The fraction of sp³-hybridized carbons (Fsp3) is 1.00. The fourth-order valence-electron chi connectivity index (χ4n) is 2.71. The number of hydrogen-bond acceptors (Lipinski definition) is 4. The van der Waals surface area contributed by atoms with Crippen LogP contribution in [0, 0.1) is 0 Å². The molecule has 4 nitrogen and oxygen atoms in total. The molecule has 2 unspecified atom stereocenters. The van der Waals surface area contributed by atoms with E-state index in [0.717, 1.165) is 52.0 Å². The van der Waals surface area contributed by atoms with Crippen LogP contribution < -0.4 is 5.32 Å². The Hall–Kier alpha value is -0.160. The van der Waals surface area contributed by atoms with Gasteiger partial charge in [-0.2, -0.15) is 0 Å². The molecule has 4 heteroatoms. The molecule has 0 saturated carbocycles. The predicted molar refractivity (Wildman–Crippen MR) is 66.2 cm³/mol. The van der Waals surface area contributed by atoms with E-state index in [0.29, 0.717) is 6.04 Å². The van der Waals surface area contributed by atoms with Crippen molar-refractivity contribution in [1.82, 2.24) is 5.32 Å². The third-order valence-electron chi connectivity index (χ3n) is 3.99. The smallest absolute Gasteiger partial charge is 0.0741 e. The summed E-state index contributed by atoms with van der Waals surface area (Å²) >= 11 is 0. The Kier molecular flexibility index (Phi) is 4.79. The maximum absolute atomic E-state index is 6.02. The van der Waals surface area contributed by atoms with Gasteiger partial charge in [-0.3, -0.25) is 0 Å². The van der Waals surface area contributed by atoms with Crippen LogP contribution in [0.2, 0.25) is 0 Å². The van der Waals surface area contributed by atoms with Gasteiger partial charge in [0, 0.05) is 39.5 Å². The fourth-order valence-corrected chi connectivity index (χ4v) is 2.71. The van der Waals surface area contributed by atoms with Gasteiger partial charge in [-0.1, -0.05) is 0 Å². The minimum absolute atomic E-state index is 0.0878. The van der Waals surface area contributed by atoms with Gasteiger partial charge in [-0.05, 0) is 32.6 Å². The highest BCUT2D eigenvalue weighted by molar-refractivity contribution is 4.91. The van der Waals surface area contributed by atoms with Crippen molar-refractivity contribution in [3.63, 3.8) is 0 Å². The van der Waals surface area contributed by atoms with Crippen molar-refractivity contribution in [2.75, 3.05) is 33.5 Å². The largest absolute Gasteiger partial charge is 0.381 e. The standard InChI is InChI=1S/C13H25NO3/c1-11(15-2)10-14-12-3-6-17-13(9-12)4-7-16-8-5-13/h11-12,14H,3-10H2,1-2H3. The summed E-state index contributed by atoms with van der Waals surface area (Å²) in [6.07, 6.45) is 4.60. The van der Waals surface area contributed by atoms with Crippen LogP contribution in [0.1, 0.15) is 32.6 Å². The maximum Gasteiger partial charge on any atom is 0.0741 e. The van der Waals surface area contributed by atoms with Gasteiger partial charge in [0.15, 0.2) is 0 Å². The highest BCUT2D eigenvalue weighted by Crippen LogP contribution is 2.34. The van der Waals surface area contributed by atoms with Crippen LogP contribution in [-0.4, -0.2) is 51.2 Å². The Balaban J connectivity index is 1.79. The Morgan fingerprint density at radius 1 is 1.35 bits per heavy atom. The number of rotatable bonds is 4. The van der Waals surface area contributed by atoms with Crippen molar-refractivity contribution < 1.29 is 14.2 Å². The third kappa shape index (κ3) is 3.65. The van der Waals surface area contributed by atoms with Crippen LogP contribution in [0.4, 0.5) is 0 Å². The Bertz CT molecular complexity index is 223. The number of ether oxygens (including phenoxy) is 3. The minimum Gasteiger partial charge on any atom is -0.381 e. The zero-order valence-electron chi connectivity index (χ0n) is 11.0. The van der Waals surface area contributed by atoms with Gasteiger partial charge in [0.1, 0.15) is 0 Å². The summed E-state index contributed by atoms with van der Waals surface area (Å²) in [6, 6.07) is 0.569. The lowest BCUT2D eigenvalue weighted by atomic mass is 9.84. The number of methoxy groups -OCH3 is 1. The monoisotopic (exact) mass is 243 g/mol. The Morgan fingerprint density at radius 3 is 2.82 bits per heavy atom. The van der Waals surface area contributed by atoms with Crippen molar-refractivity contribution >= 4 is 0 Å². The number of nitrogens with one attached hydrogen (secondary N) is 1. The van der Waals surface area contributed by atoms with E-state index in [9.17, 15) is 0 Å². The molecule has 100 valence electrons. The van der Waals surface area contributed by atoms with Crippen LogP contribution in [0.3, 0.4) is 0 Å². The van der Waals surface area contributed by atoms with E-state index in [1.165, 1.54) is 0 Å². The minimum atomic E-state index is 0.0878. The van der Waals surface area contributed by atoms with E-state index in [1.807, 2.05) is 0 Å². The van der Waals surface area contributed by atoms with E-state index in [4.69, 9.17) is 14.2 Å². The second kappa shape index (κ2) is 6.14. The van der Waals surface area contributed by atoms with Crippen LogP contribution in [-0.2, 0) is 14.2 Å². The van der Waals surface area contributed by atoms with Crippen molar-refractivity contribution in [3.05, 3.63) is 0 Å². The molecule has 2 fully saturated rings. The summed E-state index contributed by atoms with van der Waals surface area (Å²) in [5.41, 5.74) is 0.0878. The van der Waals surface area contributed by atoms with E-state index in [1.54, 1.807) is 7.11 Å². The Morgan fingerprint density at radius 2 is 2.12 bits per heavy atom. The van der Waals surface area contributed by atoms with Crippen LogP contribution in [0.25, 0.3) is 0 Å². The molecule has 2 heterocycles. The highest BCUT2D eigenvalue weighted by Gasteiger charge is 2.38. The molecule has 17 heavy (non-hydrogen) atoms. The Labute approximate surface area is 104 Å². The predicted octanol–water partition coefficient (Wildman–Crippen LogP) is 1.34. The average Bonchev–Trinajstić information content (AvgIpc) is 2.37. The molecule has 0 aliphatic carbocycles. The maximum atomic E-state index is 6.02. The molecule has 0 amide bonds. The van der Waals surface area contributed by atoms with Crippen LogP contribution in [0.15, 0.2) is 0 Å². The van der Waals surface area contributed by atoms with Crippen molar-refractivity contribution in [2.45, 2.75) is 50.4 Å². The van der Waals surface area contributed by atoms with Gasteiger partial charge in [-0.15, -0.1) is 0 Å². The molecule has 0 aromatic rings. The molecule has 0 bridgehead atoms. The summed E-state index contributed by atoms with van der Waals surface area (Å²) in [5, 5.41) is 3.60. The normalized spacial score (nSPS) is 30.4. The molecule has 2 aliphatic heterocycles. The number of hydrogen-bond donors (Lipinski definition) is 1.